The summed E-state index contributed by atoms with van der Waals surface area (Å²) in [7, 11) is 0. The summed E-state index contributed by atoms with van der Waals surface area (Å²) in [5.74, 6) is 0.403. The first-order valence-corrected chi connectivity index (χ1v) is 5.59. The molecule has 0 aromatic rings. The Labute approximate surface area is 97.4 Å². The van der Waals surface area contributed by atoms with Crippen molar-refractivity contribution in [2.75, 3.05) is 45.3 Å². The van der Waals surface area contributed by atoms with E-state index < -0.39 is 12.8 Å². The minimum atomic E-state index is -4.25. The highest BCUT2D eigenvalue weighted by atomic mass is 35.5. The molecular formula is C9H15ClF3NO2. The molecule has 1 heterocycles. The van der Waals surface area contributed by atoms with E-state index in [1.165, 1.54) is 0 Å². The van der Waals surface area contributed by atoms with Crippen molar-refractivity contribution in [3.05, 3.63) is 0 Å². The summed E-state index contributed by atoms with van der Waals surface area (Å²) in [6, 6.07) is 0. The third kappa shape index (κ3) is 5.89. The lowest BCUT2D eigenvalue weighted by Gasteiger charge is -2.31. The smallest absolute Gasteiger partial charge is 0.374 e. The number of hydrogen-bond donors (Lipinski definition) is 0. The number of hydrogen-bond acceptors (Lipinski definition) is 3. The largest absolute Gasteiger partial charge is 0.411 e. The van der Waals surface area contributed by atoms with Gasteiger partial charge in [-0.25, -0.2) is 0 Å². The third-order valence-electron chi connectivity index (χ3n) is 2.21. The minimum absolute atomic E-state index is 0.0296. The van der Waals surface area contributed by atoms with Gasteiger partial charge < -0.3 is 9.47 Å². The first-order chi connectivity index (χ1) is 7.51. The van der Waals surface area contributed by atoms with E-state index in [0.29, 0.717) is 32.1 Å². The van der Waals surface area contributed by atoms with Crippen molar-refractivity contribution in [3.8, 4) is 0 Å². The van der Waals surface area contributed by atoms with E-state index in [-0.39, 0.29) is 12.7 Å². The van der Waals surface area contributed by atoms with Gasteiger partial charge in [0.25, 0.3) is 0 Å². The molecule has 1 atom stereocenters. The summed E-state index contributed by atoms with van der Waals surface area (Å²) in [5, 5.41) is 0. The molecule has 1 aliphatic heterocycles. The predicted molar refractivity (Wildman–Crippen MR) is 53.8 cm³/mol. The summed E-state index contributed by atoms with van der Waals surface area (Å²) >= 11 is 5.64. The van der Waals surface area contributed by atoms with Crippen LogP contribution in [0.5, 0.6) is 0 Å². The molecule has 0 aromatic heterocycles. The van der Waals surface area contributed by atoms with Crippen molar-refractivity contribution < 1.29 is 22.6 Å². The van der Waals surface area contributed by atoms with Crippen LogP contribution in [0, 0.1) is 0 Å². The van der Waals surface area contributed by atoms with Crippen LogP contribution in [0.1, 0.15) is 0 Å². The van der Waals surface area contributed by atoms with Crippen LogP contribution in [0.4, 0.5) is 13.2 Å². The first-order valence-electron chi connectivity index (χ1n) is 5.05. The standard InChI is InChI=1S/C9H15ClF3NO2/c10-5-8-6-14(2-4-16-8)1-3-15-7-9(11,12)13/h8H,1-7H2. The van der Waals surface area contributed by atoms with Crippen molar-refractivity contribution >= 4 is 11.6 Å². The lowest BCUT2D eigenvalue weighted by atomic mass is 10.3. The quantitative estimate of drug-likeness (QED) is 0.553. The minimum Gasteiger partial charge on any atom is -0.374 e. The third-order valence-corrected chi connectivity index (χ3v) is 2.56. The summed E-state index contributed by atoms with van der Waals surface area (Å²) in [6.07, 6.45) is -4.28. The van der Waals surface area contributed by atoms with Gasteiger partial charge in [-0.15, -0.1) is 11.6 Å². The van der Waals surface area contributed by atoms with Crippen molar-refractivity contribution in [2.45, 2.75) is 12.3 Å². The lowest BCUT2D eigenvalue weighted by Crippen LogP contribution is -2.44. The average Bonchev–Trinajstić information content (AvgIpc) is 2.23. The van der Waals surface area contributed by atoms with Gasteiger partial charge in [-0.2, -0.15) is 13.2 Å². The molecule has 0 bridgehead atoms. The molecule has 0 N–H and O–H groups in total. The Morgan fingerprint density at radius 2 is 2.19 bits per heavy atom. The highest BCUT2D eigenvalue weighted by Crippen LogP contribution is 2.14. The predicted octanol–water partition coefficient (Wildman–Crippen LogP) is 1.50. The van der Waals surface area contributed by atoms with Crippen molar-refractivity contribution in [1.82, 2.24) is 4.90 Å². The van der Waals surface area contributed by atoms with Gasteiger partial charge in [0.1, 0.15) is 6.61 Å². The fourth-order valence-electron chi connectivity index (χ4n) is 1.46. The topological polar surface area (TPSA) is 21.7 Å². The molecule has 3 nitrogen and oxygen atoms in total. The second-order valence-corrected chi connectivity index (χ2v) is 3.92. The molecule has 96 valence electrons. The second-order valence-electron chi connectivity index (χ2n) is 3.62. The molecular weight excluding hydrogens is 247 g/mol. The molecule has 1 aliphatic rings. The van der Waals surface area contributed by atoms with Gasteiger partial charge in [0.15, 0.2) is 0 Å². The maximum Gasteiger partial charge on any atom is 0.411 e. The van der Waals surface area contributed by atoms with Gasteiger partial charge in [-0.3, -0.25) is 4.90 Å². The van der Waals surface area contributed by atoms with Crippen molar-refractivity contribution in [3.63, 3.8) is 0 Å². The fourth-order valence-corrected chi connectivity index (χ4v) is 1.65. The van der Waals surface area contributed by atoms with E-state index in [0.717, 1.165) is 0 Å². The molecule has 0 spiro atoms. The Balaban J connectivity index is 2.08. The van der Waals surface area contributed by atoms with Crippen LogP contribution in [0.3, 0.4) is 0 Å². The maximum absolute atomic E-state index is 11.8. The molecule has 0 amide bonds. The molecule has 1 fully saturated rings. The number of rotatable bonds is 5. The summed E-state index contributed by atoms with van der Waals surface area (Å²) in [5.41, 5.74) is 0. The maximum atomic E-state index is 11.8. The van der Waals surface area contributed by atoms with E-state index >= 15 is 0 Å². The Morgan fingerprint density at radius 3 is 2.81 bits per heavy atom. The van der Waals surface area contributed by atoms with Gasteiger partial charge in [-0.1, -0.05) is 0 Å². The van der Waals surface area contributed by atoms with Crippen LogP contribution in [0.15, 0.2) is 0 Å². The Kier molecular flexibility index (Phi) is 5.82. The Morgan fingerprint density at radius 1 is 1.44 bits per heavy atom. The van der Waals surface area contributed by atoms with Gasteiger partial charge >= 0.3 is 6.18 Å². The van der Waals surface area contributed by atoms with E-state index in [2.05, 4.69) is 4.74 Å². The van der Waals surface area contributed by atoms with Crippen LogP contribution >= 0.6 is 11.6 Å². The average molecular weight is 262 g/mol. The van der Waals surface area contributed by atoms with Crippen LogP contribution in [0.2, 0.25) is 0 Å². The molecule has 16 heavy (non-hydrogen) atoms. The molecule has 7 heteroatoms. The number of alkyl halides is 4. The van der Waals surface area contributed by atoms with Gasteiger partial charge in [-0.05, 0) is 0 Å². The highest BCUT2D eigenvalue weighted by Gasteiger charge is 2.27. The molecule has 0 radical (unpaired) electrons. The molecule has 0 aromatic carbocycles. The summed E-state index contributed by atoms with van der Waals surface area (Å²) < 4.78 is 45.1. The summed E-state index contributed by atoms with van der Waals surface area (Å²) in [4.78, 5) is 1.99. The van der Waals surface area contributed by atoms with Crippen LogP contribution in [-0.4, -0.2) is 62.5 Å². The van der Waals surface area contributed by atoms with Crippen LogP contribution < -0.4 is 0 Å². The SMILES string of the molecule is FC(F)(F)COCCN1CCOC(CCl)C1. The summed E-state index contributed by atoms with van der Waals surface area (Å²) in [6.45, 7) is 1.30. The fraction of sp³-hybridized carbons (Fsp3) is 1.00. The van der Waals surface area contributed by atoms with Crippen LogP contribution in [-0.2, 0) is 9.47 Å². The van der Waals surface area contributed by atoms with E-state index in [1.807, 2.05) is 4.90 Å². The second kappa shape index (κ2) is 6.64. The monoisotopic (exact) mass is 261 g/mol. The Hall–Kier alpha value is -0.0400. The van der Waals surface area contributed by atoms with Gasteiger partial charge in [0.05, 0.1) is 19.3 Å². The number of morpholine rings is 1. The zero-order chi connectivity index (χ0) is 12.0. The zero-order valence-electron chi connectivity index (χ0n) is 8.80. The normalized spacial score (nSPS) is 23.6. The molecule has 1 saturated heterocycles. The van der Waals surface area contributed by atoms with E-state index in [1.54, 1.807) is 0 Å². The molecule has 1 unspecified atom stereocenters. The lowest BCUT2D eigenvalue weighted by molar-refractivity contribution is -0.175. The van der Waals surface area contributed by atoms with Gasteiger partial charge in [0, 0.05) is 25.5 Å². The molecule has 0 aliphatic carbocycles. The number of ether oxygens (including phenoxy) is 2. The molecule has 1 rings (SSSR count). The number of nitrogens with zero attached hydrogens (tertiary/aromatic N) is 1. The van der Waals surface area contributed by atoms with E-state index in [9.17, 15) is 13.2 Å². The molecule has 0 saturated carbocycles. The highest BCUT2D eigenvalue weighted by molar-refractivity contribution is 6.18. The van der Waals surface area contributed by atoms with Crippen LogP contribution in [0.25, 0.3) is 0 Å². The van der Waals surface area contributed by atoms with Crippen molar-refractivity contribution in [2.24, 2.45) is 0 Å². The van der Waals surface area contributed by atoms with Gasteiger partial charge in [0.2, 0.25) is 0 Å². The Bertz CT molecular complexity index is 204. The first kappa shape index (κ1) is 14.0. The number of halogens is 4. The van der Waals surface area contributed by atoms with E-state index in [4.69, 9.17) is 16.3 Å². The van der Waals surface area contributed by atoms with Crippen molar-refractivity contribution in [1.29, 1.82) is 0 Å². The zero-order valence-corrected chi connectivity index (χ0v) is 9.56.